The van der Waals surface area contributed by atoms with E-state index in [1.54, 1.807) is 31.4 Å². The zero-order valence-electron chi connectivity index (χ0n) is 16.7. The van der Waals surface area contributed by atoms with Crippen LogP contribution < -0.4 is 14.8 Å². The highest BCUT2D eigenvalue weighted by molar-refractivity contribution is 5.94. The van der Waals surface area contributed by atoms with Crippen LogP contribution in [0, 0.1) is 0 Å². The van der Waals surface area contributed by atoms with Crippen LogP contribution in [0.4, 0.5) is 0 Å². The molecule has 6 heteroatoms. The summed E-state index contributed by atoms with van der Waals surface area (Å²) >= 11 is 0. The highest BCUT2D eigenvalue weighted by Gasteiger charge is 2.08. The van der Waals surface area contributed by atoms with Crippen LogP contribution in [0.3, 0.4) is 0 Å². The topological polar surface area (TPSA) is 73.3 Å². The Balaban J connectivity index is 1.63. The van der Waals surface area contributed by atoms with E-state index >= 15 is 0 Å². The smallest absolute Gasteiger partial charge is 0.251 e. The quantitative estimate of drug-likeness (QED) is 0.527. The number of hydrogen-bond donors (Lipinski definition) is 1. The van der Waals surface area contributed by atoms with E-state index in [-0.39, 0.29) is 5.91 Å². The number of rotatable bonds is 9. The third kappa shape index (κ3) is 5.54. The molecule has 0 radical (unpaired) electrons. The largest absolute Gasteiger partial charge is 0.493 e. The molecule has 0 aliphatic rings. The molecule has 0 bridgehead atoms. The number of amides is 1. The zero-order valence-corrected chi connectivity index (χ0v) is 16.7. The standard InChI is InChI=1S/C23H25N3O3/c1-3-4-7-16-24-23(27)18-12-10-17(11-13-18)19-14-15-22(26-25-19)29-21-9-6-5-8-20(21)28-2/h5-6,8-15H,3-4,7,16H2,1-2H3,(H,24,27). The fourth-order valence-corrected chi connectivity index (χ4v) is 2.82. The minimum atomic E-state index is -0.0562. The molecule has 1 amide bonds. The summed E-state index contributed by atoms with van der Waals surface area (Å²) in [4.78, 5) is 12.2. The number of nitrogens with one attached hydrogen (secondary N) is 1. The number of ether oxygens (including phenoxy) is 2. The number of nitrogens with zero attached hydrogens (tertiary/aromatic N) is 2. The Kier molecular flexibility index (Phi) is 7.16. The number of carbonyl (C=O) groups is 1. The molecule has 3 aromatic rings. The van der Waals surface area contributed by atoms with Gasteiger partial charge in [-0.3, -0.25) is 4.79 Å². The van der Waals surface area contributed by atoms with Crippen molar-refractivity contribution in [3.05, 3.63) is 66.2 Å². The van der Waals surface area contributed by atoms with Gasteiger partial charge in [-0.2, -0.15) is 0 Å². The minimum absolute atomic E-state index is 0.0562. The van der Waals surface area contributed by atoms with Crippen molar-refractivity contribution in [3.63, 3.8) is 0 Å². The second-order valence-corrected chi connectivity index (χ2v) is 6.55. The van der Waals surface area contributed by atoms with E-state index in [2.05, 4.69) is 22.4 Å². The van der Waals surface area contributed by atoms with Gasteiger partial charge in [0.05, 0.1) is 12.8 Å². The molecule has 0 spiro atoms. The Hall–Kier alpha value is -3.41. The van der Waals surface area contributed by atoms with E-state index in [4.69, 9.17) is 9.47 Å². The van der Waals surface area contributed by atoms with Crippen LogP contribution in [-0.2, 0) is 0 Å². The number of aromatic nitrogens is 2. The lowest BCUT2D eigenvalue weighted by Gasteiger charge is -2.09. The molecule has 3 rings (SSSR count). The molecule has 0 unspecified atom stereocenters. The number of hydrogen-bond acceptors (Lipinski definition) is 5. The number of unbranched alkanes of at least 4 members (excludes halogenated alkanes) is 2. The van der Waals surface area contributed by atoms with Gasteiger partial charge >= 0.3 is 0 Å². The maximum atomic E-state index is 12.2. The van der Waals surface area contributed by atoms with Gasteiger partial charge in [0.25, 0.3) is 5.91 Å². The van der Waals surface area contributed by atoms with Crippen LogP contribution in [0.15, 0.2) is 60.7 Å². The number of carbonyl (C=O) groups excluding carboxylic acids is 1. The van der Waals surface area contributed by atoms with Crippen molar-refractivity contribution in [2.75, 3.05) is 13.7 Å². The number of para-hydroxylation sites is 2. The molecular weight excluding hydrogens is 366 g/mol. The number of benzene rings is 2. The van der Waals surface area contributed by atoms with Crippen LogP contribution in [0.1, 0.15) is 36.5 Å². The fourth-order valence-electron chi connectivity index (χ4n) is 2.82. The van der Waals surface area contributed by atoms with E-state index in [0.29, 0.717) is 35.2 Å². The summed E-state index contributed by atoms with van der Waals surface area (Å²) < 4.78 is 11.0. The molecule has 0 fully saturated rings. The van der Waals surface area contributed by atoms with Crippen molar-refractivity contribution in [3.8, 4) is 28.6 Å². The maximum Gasteiger partial charge on any atom is 0.251 e. The van der Waals surface area contributed by atoms with Gasteiger partial charge in [0.1, 0.15) is 0 Å². The third-order valence-corrected chi connectivity index (χ3v) is 4.43. The van der Waals surface area contributed by atoms with Crippen molar-refractivity contribution in [2.45, 2.75) is 26.2 Å². The molecule has 1 N–H and O–H groups in total. The second-order valence-electron chi connectivity index (χ2n) is 6.55. The maximum absolute atomic E-state index is 12.2. The molecule has 0 saturated carbocycles. The molecule has 2 aromatic carbocycles. The van der Waals surface area contributed by atoms with Crippen molar-refractivity contribution >= 4 is 5.91 Å². The van der Waals surface area contributed by atoms with E-state index in [1.165, 1.54) is 0 Å². The Morgan fingerprint density at radius 1 is 0.931 bits per heavy atom. The van der Waals surface area contributed by atoms with Crippen molar-refractivity contribution < 1.29 is 14.3 Å². The molecule has 1 aromatic heterocycles. The van der Waals surface area contributed by atoms with E-state index < -0.39 is 0 Å². The second kappa shape index (κ2) is 10.2. The summed E-state index contributed by atoms with van der Waals surface area (Å²) in [5.41, 5.74) is 2.21. The Labute approximate surface area is 170 Å². The molecule has 0 aliphatic heterocycles. The average Bonchev–Trinajstić information content (AvgIpc) is 2.77. The molecule has 6 nitrogen and oxygen atoms in total. The molecule has 0 saturated heterocycles. The van der Waals surface area contributed by atoms with Crippen LogP contribution in [0.5, 0.6) is 17.4 Å². The highest BCUT2D eigenvalue weighted by atomic mass is 16.5. The lowest BCUT2D eigenvalue weighted by atomic mass is 10.1. The first kappa shape index (κ1) is 20.3. The van der Waals surface area contributed by atoms with Crippen LogP contribution in [0.25, 0.3) is 11.3 Å². The molecular formula is C23H25N3O3. The summed E-state index contributed by atoms with van der Waals surface area (Å²) in [6, 6.07) is 18.3. The SMILES string of the molecule is CCCCCNC(=O)c1ccc(-c2ccc(Oc3ccccc3OC)nn2)cc1. The van der Waals surface area contributed by atoms with E-state index in [1.807, 2.05) is 36.4 Å². The predicted octanol–water partition coefficient (Wildman–Crippen LogP) is 4.86. The van der Waals surface area contributed by atoms with Crippen LogP contribution in [-0.4, -0.2) is 29.8 Å². The van der Waals surface area contributed by atoms with Gasteiger partial charge in [-0.05, 0) is 36.8 Å². The molecule has 29 heavy (non-hydrogen) atoms. The predicted molar refractivity (Wildman–Crippen MR) is 112 cm³/mol. The Bertz CT molecular complexity index is 925. The Morgan fingerprint density at radius 2 is 1.69 bits per heavy atom. The summed E-state index contributed by atoms with van der Waals surface area (Å²) in [6.07, 6.45) is 3.25. The monoisotopic (exact) mass is 391 g/mol. The van der Waals surface area contributed by atoms with Gasteiger partial charge < -0.3 is 14.8 Å². The van der Waals surface area contributed by atoms with Gasteiger partial charge in [-0.1, -0.05) is 44.0 Å². The van der Waals surface area contributed by atoms with Crippen LogP contribution >= 0.6 is 0 Å². The van der Waals surface area contributed by atoms with E-state index in [0.717, 1.165) is 24.8 Å². The van der Waals surface area contributed by atoms with Gasteiger partial charge in [0.2, 0.25) is 5.88 Å². The Morgan fingerprint density at radius 3 is 2.34 bits per heavy atom. The van der Waals surface area contributed by atoms with Crippen LogP contribution in [0.2, 0.25) is 0 Å². The van der Waals surface area contributed by atoms with Crippen molar-refractivity contribution in [1.29, 1.82) is 0 Å². The number of methoxy groups -OCH3 is 1. The van der Waals surface area contributed by atoms with Gasteiger partial charge in [0, 0.05) is 23.7 Å². The van der Waals surface area contributed by atoms with Gasteiger partial charge in [0.15, 0.2) is 11.5 Å². The lowest BCUT2D eigenvalue weighted by molar-refractivity contribution is 0.0953. The van der Waals surface area contributed by atoms with Crippen molar-refractivity contribution in [1.82, 2.24) is 15.5 Å². The first-order valence-electron chi connectivity index (χ1n) is 9.74. The normalized spacial score (nSPS) is 10.4. The summed E-state index contributed by atoms with van der Waals surface area (Å²) in [5, 5.41) is 11.3. The van der Waals surface area contributed by atoms with Crippen molar-refractivity contribution in [2.24, 2.45) is 0 Å². The van der Waals surface area contributed by atoms with Gasteiger partial charge in [-0.15, -0.1) is 10.2 Å². The van der Waals surface area contributed by atoms with Gasteiger partial charge in [-0.25, -0.2) is 0 Å². The first-order chi connectivity index (χ1) is 14.2. The average molecular weight is 391 g/mol. The molecule has 0 atom stereocenters. The highest BCUT2D eigenvalue weighted by Crippen LogP contribution is 2.30. The minimum Gasteiger partial charge on any atom is -0.493 e. The lowest BCUT2D eigenvalue weighted by Crippen LogP contribution is -2.24. The summed E-state index contributed by atoms with van der Waals surface area (Å²) in [6.45, 7) is 2.84. The molecule has 0 aliphatic carbocycles. The summed E-state index contributed by atoms with van der Waals surface area (Å²) in [5.74, 6) is 1.52. The molecule has 1 heterocycles. The fraction of sp³-hybridized carbons (Fsp3) is 0.261. The molecule has 150 valence electrons. The zero-order chi connectivity index (χ0) is 20.5. The van der Waals surface area contributed by atoms with E-state index in [9.17, 15) is 4.79 Å². The summed E-state index contributed by atoms with van der Waals surface area (Å²) in [7, 11) is 1.59. The first-order valence-corrected chi connectivity index (χ1v) is 9.74. The third-order valence-electron chi connectivity index (χ3n) is 4.43.